The molecule has 0 bridgehead atoms. The lowest BCUT2D eigenvalue weighted by molar-refractivity contribution is 0.215. The average molecular weight is 249 g/mol. The fourth-order valence-corrected chi connectivity index (χ4v) is 1.55. The first-order chi connectivity index (χ1) is 5.75. The van der Waals surface area contributed by atoms with Crippen molar-refractivity contribution in [3.05, 3.63) is 33.3 Å². The molecule has 0 heterocycles. The van der Waals surface area contributed by atoms with Crippen LogP contribution in [0.5, 0.6) is 0 Å². The van der Waals surface area contributed by atoms with Crippen LogP contribution in [0.4, 0.5) is 0 Å². The molecule has 0 amide bonds. The molecule has 0 aromatic heterocycles. The van der Waals surface area contributed by atoms with Crippen LogP contribution in [-0.4, -0.2) is 13.3 Å². The first-order valence-electron chi connectivity index (χ1n) is 3.26. The molecule has 0 N–H and O–H groups in total. The number of hydrogen-bond donors (Lipinski definition) is 0. The van der Waals surface area contributed by atoms with Gasteiger partial charge >= 0.3 is 0 Å². The zero-order chi connectivity index (χ0) is 8.97. The Bertz CT molecular complexity index is 281. The van der Waals surface area contributed by atoms with E-state index in [1.54, 1.807) is 12.3 Å². The highest BCUT2D eigenvalue weighted by molar-refractivity contribution is 9.10. The Morgan fingerprint density at radius 2 is 2.33 bits per heavy atom. The summed E-state index contributed by atoms with van der Waals surface area (Å²) >= 11 is 9.23. The van der Waals surface area contributed by atoms with Crippen LogP contribution in [0.25, 0.3) is 0 Å². The Hall–Kier alpha value is -0.540. The van der Waals surface area contributed by atoms with Gasteiger partial charge in [-0.15, -0.1) is 0 Å². The summed E-state index contributed by atoms with van der Waals surface area (Å²) in [5, 5.41) is 4.27. The van der Waals surface area contributed by atoms with Crippen LogP contribution in [0.15, 0.2) is 27.8 Å². The monoisotopic (exact) mass is 247 g/mol. The predicted octanol–water partition coefficient (Wildman–Crippen LogP) is 3.08. The quantitative estimate of drug-likeness (QED) is 0.582. The highest BCUT2D eigenvalue weighted by Gasteiger charge is 2.00. The fourth-order valence-electron chi connectivity index (χ4n) is 0.739. The van der Waals surface area contributed by atoms with Crippen LogP contribution in [-0.2, 0) is 4.84 Å². The smallest absolute Gasteiger partial charge is 0.106 e. The van der Waals surface area contributed by atoms with E-state index in [0.717, 1.165) is 10.0 Å². The van der Waals surface area contributed by atoms with Crippen molar-refractivity contribution >= 4 is 33.7 Å². The molecule has 12 heavy (non-hydrogen) atoms. The molecule has 0 aliphatic rings. The number of hydrogen-bond acceptors (Lipinski definition) is 2. The van der Waals surface area contributed by atoms with Gasteiger partial charge in [0.25, 0.3) is 0 Å². The third-order valence-corrected chi connectivity index (χ3v) is 2.31. The van der Waals surface area contributed by atoms with E-state index >= 15 is 0 Å². The molecule has 0 spiro atoms. The van der Waals surface area contributed by atoms with Crippen LogP contribution in [0, 0.1) is 0 Å². The van der Waals surface area contributed by atoms with E-state index in [2.05, 4.69) is 25.9 Å². The first kappa shape index (κ1) is 9.55. The minimum absolute atomic E-state index is 0.644. The van der Waals surface area contributed by atoms with E-state index in [9.17, 15) is 0 Å². The van der Waals surface area contributed by atoms with Crippen molar-refractivity contribution in [1.82, 2.24) is 0 Å². The van der Waals surface area contributed by atoms with Gasteiger partial charge in [0.2, 0.25) is 0 Å². The SMILES string of the molecule is CON=Cc1c(Cl)cccc1Br. The van der Waals surface area contributed by atoms with E-state index < -0.39 is 0 Å². The fraction of sp³-hybridized carbons (Fsp3) is 0.125. The van der Waals surface area contributed by atoms with Gasteiger partial charge < -0.3 is 4.84 Å². The zero-order valence-electron chi connectivity index (χ0n) is 6.42. The van der Waals surface area contributed by atoms with Gasteiger partial charge in [-0.1, -0.05) is 38.8 Å². The first-order valence-corrected chi connectivity index (χ1v) is 4.43. The maximum Gasteiger partial charge on any atom is 0.106 e. The predicted molar refractivity (Wildman–Crippen MR) is 53.8 cm³/mol. The lowest BCUT2D eigenvalue weighted by Crippen LogP contribution is -1.85. The Kier molecular flexibility index (Phi) is 3.56. The van der Waals surface area contributed by atoms with Crippen LogP contribution in [0.3, 0.4) is 0 Å². The summed E-state index contributed by atoms with van der Waals surface area (Å²) < 4.78 is 0.899. The zero-order valence-corrected chi connectivity index (χ0v) is 8.76. The summed E-state index contributed by atoms with van der Waals surface area (Å²) in [7, 11) is 1.49. The molecule has 0 aliphatic heterocycles. The third-order valence-electron chi connectivity index (χ3n) is 1.29. The molecular weight excluding hydrogens is 241 g/mol. The van der Waals surface area contributed by atoms with Gasteiger partial charge in [-0.2, -0.15) is 0 Å². The van der Waals surface area contributed by atoms with Crippen LogP contribution in [0.2, 0.25) is 5.02 Å². The lowest BCUT2D eigenvalue weighted by Gasteiger charge is -1.99. The summed E-state index contributed by atoms with van der Waals surface area (Å²) in [6.07, 6.45) is 1.56. The second-order valence-electron chi connectivity index (χ2n) is 2.05. The largest absolute Gasteiger partial charge is 0.399 e. The second-order valence-corrected chi connectivity index (χ2v) is 3.31. The summed E-state index contributed by atoms with van der Waals surface area (Å²) in [4.78, 5) is 4.55. The highest BCUT2D eigenvalue weighted by atomic mass is 79.9. The molecule has 1 aromatic rings. The van der Waals surface area contributed by atoms with Crippen molar-refractivity contribution in [2.75, 3.05) is 7.11 Å². The Morgan fingerprint density at radius 3 is 2.92 bits per heavy atom. The number of nitrogens with zero attached hydrogens (tertiary/aromatic N) is 1. The van der Waals surface area contributed by atoms with E-state index in [4.69, 9.17) is 11.6 Å². The Morgan fingerprint density at radius 1 is 1.58 bits per heavy atom. The molecule has 1 rings (SSSR count). The van der Waals surface area contributed by atoms with E-state index in [-0.39, 0.29) is 0 Å². The molecule has 1 aromatic carbocycles. The van der Waals surface area contributed by atoms with Crippen LogP contribution < -0.4 is 0 Å². The highest BCUT2D eigenvalue weighted by Crippen LogP contribution is 2.22. The van der Waals surface area contributed by atoms with Gasteiger partial charge in [-0.25, -0.2) is 0 Å². The number of halogens is 2. The molecule has 0 radical (unpaired) electrons. The molecule has 0 unspecified atom stereocenters. The van der Waals surface area contributed by atoms with Crippen LogP contribution in [0.1, 0.15) is 5.56 Å². The average Bonchev–Trinajstić information content (AvgIpc) is 2.04. The van der Waals surface area contributed by atoms with Gasteiger partial charge in [0, 0.05) is 10.0 Å². The van der Waals surface area contributed by atoms with Gasteiger partial charge in [-0.3, -0.25) is 0 Å². The van der Waals surface area contributed by atoms with Gasteiger partial charge in [0.05, 0.1) is 11.2 Å². The van der Waals surface area contributed by atoms with Gasteiger partial charge in [0.1, 0.15) is 7.11 Å². The topological polar surface area (TPSA) is 21.6 Å². The molecular formula is C8H7BrClNO. The number of oxime groups is 1. The minimum Gasteiger partial charge on any atom is -0.399 e. The van der Waals surface area contributed by atoms with Crippen molar-refractivity contribution in [2.45, 2.75) is 0 Å². The van der Waals surface area contributed by atoms with Crippen molar-refractivity contribution in [1.29, 1.82) is 0 Å². The van der Waals surface area contributed by atoms with Crippen molar-refractivity contribution in [3.63, 3.8) is 0 Å². The molecule has 0 fully saturated rings. The van der Waals surface area contributed by atoms with E-state index in [0.29, 0.717) is 5.02 Å². The van der Waals surface area contributed by atoms with Crippen molar-refractivity contribution in [2.24, 2.45) is 5.16 Å². The van der Waals surface area contributed by atoms with Gasteiger partial charge in [0.15, 0.2) is 0 Å². The third kappa shape index (κ3) is 2.22. The summed E-state index contributed by atoms with van der Waals surface area (Å²) in [5.41, 5.74) is 0.820. The molecule has 0 aliphatic carbocycles. The molecule has 0 atom stereocenters. The Labute approximate surface area is 84.3 Å². The minimum atomic E-state index is 0.644. The summed E-state index contributed by atoms with van der Waals surface area (Å²) in [6.45, 7) is 0. The summed E-state index contributed by atoms with van der Waals surface area (Å²) in [6, 6.07) is 5.54. The van der Waals surface area contributed by atoms with Gasteiger partial charge in [-0.05, 0) is 12.1 Å². The molecule has 0 saturated heterocycles. The number of benzene rings is 1. The standard InChI is InChI=1S/C8H7BrClNO/c1-12-11-5-6-7(9)3-2-4-8(6)10/h2-5H,1H3. The maximum atomic E-state index is 5.89. The second kappa shape index (κ2) is 4.48. The summed E-state index contributed by atoms with van der Waals surface area (Å²) in [5.74, 6) is 0. The van der Waals surface area contributed by atoms with Crippen molar-refractivity contribution in [3.8, 4) is 0 Å². The van der Waals surface area contributed by atoms with Crippen molar-refractivity contribution < 1.29 is 4.84 Å². The molecule has 0 saturated carbocycles. The van der Waals surface area contributed by atoms with E-state index in [1.807, 2.05) is 12.1 Å². The molecule has 64 valence electrons. The lowest BCUT2D eigenvalue weighted by atomic mass is 10.2. The molecule has 4 heteroatoms. The van der Waals surface area contributed by atoms with Crippen LogP contribution >= 0.6 is 27.5 Å². The molecule has 2 nitrogen and oxygen atoms in total. The number of rotatable bonds is 2. The normalized spacial score (nSPS) is 10.6. The van der Waals surface area contributed by atoms with E-state index in [1.165, 1.54) is 7.11 Å². The maximum absolute atomic E-state index is 5.89. The Balaban J connectivity index is 3.04.